The quantitative estimate of drug-likeness (QED) is 0.523. The van der Waals surface area contributed by atoms with Crippen molar-refractivity contribution in [2.75, 3.05) is 0 Å². The molecule has 1 nitrogen and oxygen atoms in total. The Hall–Kier alpha value is -1.28. The zero-order valence-corrected chi connectivity index (χ0v) is 12.3. The van der Waals surface area contributed by atoms with E-state index in [0.717, 1.165) is 10.3 Å². The molecule has 0 fully saturated rings. The van der Waals surface area contributed by atoms with Gasteiger partial charge in [0.05, 0.1) is 0 Å². The first-order valence-corrected chi connectivity index (χ1v) is 6.87. The Bertz CT molecular complexity index is 732. The Morgan fingerprint density at radius 3 is 2.44 bits per heavy atom. The van der Waals surface area contributed by atoms with Crippen LogP contribution in [0.1, 0.15) is 26.3 Å². The molecule has 0 N–H and O–H groups in total. The number of rotatable bonds is 0. The summed E-state index contributed by atoms with van der Waals surface area (Å²) < 4.78 is 6.64. The lowest BCUT2D eigenvalue weighted by Crippen LogP contribution is -2.11. The van der Waals surface area contributed by atoms with E-state index in [1.165, 1.54) is 21.7 Å². The molecule has 0 aliphatic heterocycles. The van der Waals surface area contributed by atoms with Gasteiger partial charge in [0.2, 0.25) is 0 Å². The molecule has 0 amide bonds. The second kappa shape index (κ2) is 3.86. The van der Waals surface area contributed by atoms with Gasteiger partial charge in [0.15, 0.2) is 4.67 Å². The summed E-state index contributed by atoms with van der Waals surface area (Å²) in [4.78, 5) is 0. The third-order valence-electron chi connectivity index (χ3n) is 3.31. The van der Waals surface area contributed by atoms with Crippen molar-refractivity contribution in [2.45, 2.75) is 26.2 Å². The Balaban J connectivity index is 2.54. The lowest BCUT2D eigenvalue weighted by atomic mass is 9.84. The SMILES string of the molecule is CC(C)(C)c1cc2ccccc2c2cc(Br)oc12. The lowest BCUT2D eigenvalue weighted by Gasteiger charge is -2.20. The molecule has 0 aliphatic rings. The van der Waals surface area contributed by atoms with E-state index in [9.17, 15) is 0 Å². The van der Waals surface area contributed by atoms with Gasteiger partial charge in [-0.15, -0.1) is 0 Å². The van der Waals surface area contributed by atoms with Gasteiger partial charge in [0.1, 0.15) is 5.58 Å². The van der Waals surface area contributed by atoms with E-state index in [4.69, 9.17) is 4.42 Å². The summed E-state index contributed by atoms with van der Waals surface area (Å²) in [6, 6.07) is 12.8. The zero-order chi connectivity index (χ0) is 12.9. The molecule has 0 spiro atoms. The monoisotopic (exact) mass is 302 g/mol. The summed E-state index contributed by atoms with van der Waals surface area (Å²) in [5, 5.41) is 3.70. The molecule has 1 heterocycles. The third kappa shape index (κ3) is 1.76. The van der Waals surface area contributed by atoms with Gasteiger partial charge in [-0.2, -0.15) is 0 Å². The molecular weight excluding hydrogens is 288 g/mol. The molecule has 0 radical (unpaired) electrons. The summed E-state index contributed by atoms with van der Waals surface area (Å²) in [6.45, 7) is 6.65. The lowest BCUT2D eigenvalue weighted by molar-refractivity contribution is 0.547. The molecule has 0 saturated heterocycles. The van der Waals surface area contributed by atoms with Gasteiger partial charge in [-0.1, -0.05) is 45.0 Å². The average Bonchev–Trinajstić information content (AvgIpc) is 2.68. The number of hydrogen-bond donors (Lipinski definition) is 0. The normalized spacial score (nSPS) is 12.4. The van der Waals surface area contributed by atoms with Gasteiger partial charge < -0.3 is 4.42 Å². The molecule has 2 heteroatoms. The number of fused-ring (bicyclic) bond motifs is 3. The van der Waals surface area contributed by atoms with E-state index in [0.29, 0.717) is 0 Å². The van der Waals surface area contributed by atoms with Gasteiger partial charge in [-0.25, -0.2) is 0 Å². The molecule has 2 aromatic carbocycles. The van der Waals surface area contributed by atoms with Crippen LogP contribution < -0.4 is 0 Å². The molecule has 0 aliphatic carbocycles. The molecule has 0 atom stereocenters. The number of furan rings is 1. The largest absolute Gasteiger partial charge is 0.449 e. The fourth-order valence-electron chi connectivity index (χ4n) is 2.41. The van der Waals surface area contributed by atoms with Crippen molar-refractivity contribution < 1.29 is 4.42 Å². The van der Waals surface area contributed by atoms with Gasteiger partial charge in [0.25, 0.3) is 0 Å². The van der Waals surface area contributed by atoms with Crippen LogP contribution in [0.3, 0.4) is 0 Å². The summed E-state index contributed by atoms with van der Waals surface area (Å²) in [5.41, 5.74) is 2.31. The van der Waals surface area contributed by atoms with Crippen LogP contribution in [0.25, 0.3) is 21.7 Å². The molecule has 1 aromatic heterocycles. The first-order valence-electron chi connectivity index (χ1n) is 6.08. The molecule has 0 saturated carbocycles. The molecule has 3 aromatic rings. The van der Waals surface area contributed by atoms with Crippen LogP contribution in [-0.2, 0) is 5.41 Å². The van der Waals surface area contributed by atoms with Crippen LogP contribution >= 0.6 is 15.9 Å². The fourth-order valence-corrected chi connectivity index (χ4v) is 2.80. The van der Waals surface area contributed by atoms with Crippen molar-refractivity contribution in [1.82, 2.24) is 0 Å². The molecule has 0 unspecified atom stereocenters. The van der Waals surface area contributed by atoms with Crippen LogP contribution in [0.5, 0.6) is 0 Å². The Kier molecular flexibility index (Phi) is 2.53. The summed E-state index contributed by atoms with van der Waals surface area (Å²) >= 11 is 3.44. The van der Waals surface area contributed by atoms with E-state index in [1.54, 1.807) is 0 Å². The van der Waals surface area contributed by atoms with Gasteiger partial charge in [0, 0.05) is 10.9 Å². The Morgan fingerprint density at radius 2 is 1.72 bits per heavy atom. The van der Waals surface area contributed by atoms with Crippen molar-refractivity contribution in [2.24, 2.45) is 0 Å². The average molecular weight is 303 g/mol. The highest BCUT2D eigenvalue weighted by Gasteiger charge is 2.21. The Labute approximate surface area is 115 Å². The Morgan fingerprint density at radius 1 is 1.00 bits per heavy atom. The second-order valence-corrected chi connectivity index (χ2v) is 6.47. The predicted octanol–water partition coefficient (Wildman–Crippen LogP) is 5.65. The fraction of sp³-hybridized carbons (Fsp3) is 0.250. The van der Waals surface area contributed by atoms with Crippen molar-refractivity contribution in [1.29, 1.82) is 0 Å². The maximum atomic E-state index is 5.85. The zero-order valence-electron chi connectivity index (χ0n) is 10.8. The van der Waals surface area contributed by atoms with Crippen LogP contribution in [0.4, 0.5) is 0 Å². The van der Waals surface area contributed by atoms with E-state index in [-0.39, 0.29) is 5.41 Å². The smallest absolute Gasteiger partial charge is 0.170 e. The minimum Gasteiger partial charge on any atom is -0.449 e. The van der Waals surface area contributed by atoms with E-state index < -0.39 is 0 Å². The minimum atomic E-state index is 0.0690. The highest BCUT2D eigenvalue weighted by molar-refractivity contribution is 9.10. The second-order valence-electron chi connectivity index (χ2n) is 5.69. The maximum Gasteiger partial charge on any atom is 0.170 e. The molecule has 18 heavy (non-hydrogen) atoms. The summed E-state index contributed by atoms with van der Waals surface area (Å²) in [6.07, 6.45) is 0. The van der Waals surface area contributed by atoms with Crippen molar-refractivity contribution in [3.63, 3.8) is 0 Å². The number of halogens is 1. The number of benzene rings is 2. The van der Waals surface area contributed by atoms with Crippen LogP contribution in [0.15, 0.2) is 45.5 Å². The summed E-state index contributed by atoms with van der Waals surface area (Å²) in [7, 11) is 0. The first kappa shape index (κ1) is 11.8. The summed E-state index contributed by atoms with van der Waals surface area (Å²) in [5.74, 6) is 0. The van der Waals surface area contributed by atoms with Gasteiger partial charge in [-0.05, 0) is 44.3 Å². The van der Waals surface area contributed by atoms with E-state index in [2.05, 4.69) is 73.1 Å². The molecule has 92 valence electrons. The van der Waals surface area contributed by atoms with Crippen molar-refractivity contribution in [3.8, 4) is 0 Å². The number of hydrogen-bond acceptors (Lipinski definition) is 1. The third-order valence-corrected chi connectivity index (χ3v) is 3.70. The standard InChI is InChI=1S/C16H15BrO/c1-16(2,3)13-8-10-6-4-5-7-11(10)12-9-14(17)18-15(12)13/h4-9H,1-3H3. The first-order chi connectivity index (χ1) is 8.47. The van der Waals surface area contributed by atoms with E-state index in [1.807, 2.05) is 0 Å². The van der Waals surface area contributed by atoms with Crippen LogP contribution in [0.2, 0.25) is 0 Å². The van der Waals surface area contributed by atoms with Gasteiger partial charge >= 0.3 is 0 Å². The highest BCUT2D eigenvalue weighted by Crippen LogP contribution is 2.38. The maximum absolute atomic E-state index is 5.85. The molecule has 3 rings (SSSR count). The van der Waals surface area contributed by atoms with Crippen LogP contribution in [-0.4, -0.2) is 0 Å². The predicted molar refractivity (Wildman–Crippen MR) is 80.1 cm³/mol. The van der Waals surface area contributed by atoms with Crippen molar-refractivity contribution >= 4 is 37.7 Å². The van der Waals surface area contributed by atoms with E-state index >= 15 is 0 Å². The van der Waals surface area contributed by atoms with Crippen LogP contribution in [0, 0.1) is 0 Å². The van der Waals surface area contributed by atoms with Gasteiger partial charge in [-0.3, -0.25) is 0 Å². The molecular formula is C16H15BrO. The molecule has 0 bridgehead atoms. The highest BCUT2D eigenvalue weighted by atomic mass is 79.9. The topological polar surface area (TPSA) is 13.1 Å². The van der Waals surface area contributed by atoms with Crippen molar-refractivity contribution in [3.05, 3.63) is 46.6 Å². The minimum absolute atomic E-state index is 0.0690.